The highest BCUT2D eigenvalue weighted by Crippen LogP contribution is 2.26. The van der Waals surface area contributed by atoms with Crippen LogP contribution in [-0.2, 0) is 11.3 Å². The van der Waals surface area contributed by atoms with E-state index in [1.165, 1.54) is 34.5 Å². The van der Waals surface area contributed by atoms with Crippen LogP contribution in [0.5, 0.6) is 0 Å². The molecule has 0 aliphatic heterocycles. The van der Waals surface area contributed by atoms with E-state index < -0.39 is 0 Å². The summed E-state index contributed by atoms with van der Waals surface area (Å²) in [6.07, 6.45) is 1.30. The van der Waals surface area contributed by atoms with Crippen LogP contribution >= 0.6 is 11.3 Å². The van der Waals surface area contributed by atoms with E-state index in [2.05, 4.69) is 20.4 Å². The molecule has 21 heavy (non-hydrogen) atoms. The van der Waals surface area contributed by atoms with Crippen LogP contribution in [-0.4, -0.2) is 25.7 Å². The van der Waals surface area contributed by atoms with Crippen molar-refractivity contribution in [3.63, 3.8) is 0 Å². The number of thiazole rings is 1. The molecule has 0 atom stereocenters. The normalized spacial score (nSPS) is 10.5. The van der Waals surface area contributed by atoms with Crippen molar-refractivity contribution in [3.8, 4) is 6.07 Å². The molecule has 2 heterocycles. The van der Waals surface area contributed by atoms with E-state index in [0.717, 1.165) is 0 Å². The second kappa shape index (κ2) is 5.26. The number of rotatable bonds is 3. The fourth-order valence-electron chi connectivity index (χ4n) is 1.68. The van der Waals surface area contributed by atoms with Gasteiger partial charge < -0.3 is 5.32 Å². The van der Waals surface area contributed by atoms with E-state index >= 15 is 0 Å². The summed E-state index contributed by atoms with van der Waals surface area (Å²) >= 11 is 1.18. The van der Waals surface area contributed by atoms with Gasteiger partial charge in [-0.1, -0.05) is 11.3 Å². The van der Waals surface area contributed by atoms with Gasteiger partial charge in [-0.15, -0.1) is 5.10 Å². The third kappa shape index (κ3) is 2.85. The van der Waals surface area contributed by atoms with Crippen LogP contribution < -0.4 is 5.32 Å². The molecule has 7 nitrogen and oxygen atoms in total. The number of benzene rings is 1. The van der Waals surface area contributed by atoms with E-state index in [4.69, 9.17) is 5.26 Å². The van der Waals surface area contributed by atoms with Crippen molar-refractivity contribution in [1.29, 1.82) is 5.26 Å². The van der Waals surface area contributed by atoms with E-state index in [1.807, 2.05) is 0 Å². The molecule has 0 aliphatic rings. The van der Waals surface area contributed by atoms with E-state index in [0.29, 0.717) is 15.3 Å². The zero-order valence-corrected chi connectivity index (χ0v) is 11.3. The molecular formula is C12H7FN6OS. The lowest BCUT2D eigenvalue weighted by Gasteiger charge is -2.00. The third-order valence-electron chi connectivity index (χ3n) is 2.54. The second-order valence-electron chi connectivity index (χ2n) is 4.06. The summed E-state index contributed by atoms with van der Waals surface area (Å²) in [6.45, 7) is -0.0844. The number of carbonyl (C=O) groups excluding carboxylic acids is 1. The fourth-order valence-corrected chi connectivity index (χ4v) is 2.59. The Morgan fingerprint density at radius 1 is 1.52 bits per heavy atom. The molecule has 9 heteroatoms. The standard InChI is InChI=1S/C12H7FN6OS/c13-7-1-2-8-9(3-7)21-12(16-8)17-11(20)5-19-6-15-10(4-14)18-19/h1-3,6H,5H2,(H,16,17,20). The predicted octanol–water partition coefficient (Wildman–Crippen LogP) is 1.54. The Kier molecular flexibility index (Phi) is 3.29. The summed E-state index contributed by atoms with van der Waals surface area (Å²) in [5.74, 6) is -0.710. The van der Waals surface area contributed by atoms with Crippen LogP contribution in [0, 0.1) is 17.1 Å². The van der Waals surface area contributed by atoms with Crippen LogP contribution in [0.2, 0.25) is 0 Å². The van der Waals surface area contributed by atoms with Crippen molar-refractivity contribution in [2.75, 3.05) is 5.32 Å². The van der Waals surface area contributed by atoms with Gasteiger partial charge in [0.15, 0.2) is 5.13 Å². The van der Waals surface area contributed by atoms with Gasteiger partial charge in [-0.2, -0.15) is 5.26 Å². The van der Waals surface area contributed by atoms with Crippen LogP contribution in [0.3, 0.4) is 0 Å². The Balaban J connectivity index is 1.72. The number of nitrogens with one attached hydrogen (secondary N) is 1. The molecule has 0 bridgehead atoms. The first kappa shape index (κ1) is 13.1. The lowest BCUT2D eigenvalue weighted by atomic mass is 10.3. The first-order valence-corrected chi connectivity index (χ1v) is 6.61. The monoisotopic (exact) mass is 302 g/mol. The lowest BCUT2D eigenvalue weighted by Crippen LogP contribution is -2.19. The van der Waals surface area contributed by atoms with Crippen molar-refractivity contribution >= 4 is 32.6 Å². The van der Waals surface area contributed by atoms with E-state index in [-0.39, 0.29) is 24.1 Å². The Bertz CT molecular complexity index is 864. The molecule has 0 fully saturated rings. The summed E-state index contributed by atoms with van der Waals surface area (Å²) in [4.78, 5) is 19.7. The van der Waals surface area contributed by atoms with Crippen molar-refractivity contribution in [1.82, 2.24) is 19.7 Å². The first-order chi connectivity index (χ1) is 10.1. The van der Waals surface area contributed by atoms with Crippen LogP contribution in [0.4, 0.5) is 9.52 Å². The number of halogens is 1. The van der Waals surface area contributed by atoms with Gasteiger partial charge in [-0.25, -0.2) is 19.0 Å². The summed E-state index contributed by atoms with van der Waals surface area (Å²) < 4.78 is 15.0. The Morgan fingerprint density at radius 2 is 2.38 bits per heavy atom. The highest BCUT2D eigenvalue weighted by atomic mass is 32.1. The van der Waals surface area contributed by atoms with Gasteiger partial charge in [0.1, 0.15) is 24.8 Å². The quantitative estimate of drug-likeness (QED) is 0.791. The minimum Gasteiger partial charge on any atom is -0.300 e. The van der Waals surface area contributed by atoms with Gasteiger partial charge in [0.25, 0.3) is 5.82 Å². The van der Waals surface area contributed by atoms with Crippen LogP contribution in [0.25, 0.3) is 10.2 Å². The average molecular weight is 302 g/mol. The number of nitriles is 1. The molecule has 1 aromatic carbocycles. The van der Waals surface area contributed by atoms with Gasteiger partial charge in [0.2, 0.25) is 5.91 Å². The molecule has 104 valence electrons. The van der Waals surface area contributed by atoms with E-state index in [1.54, 1.807) is 12.1 Å². The minimum absolute atomic E-state index is 0.00161. The van der Waals surface area contributed by atoms with Crippen molar-refractivity contribution in [2.45, 2.75) is 6.54 Å². The number of nitrogens with zero attached hydrogens (tertiary/aromatic N) is 5. The fraction of sp³-hybridized carbons (Fsp3) is 0.0833. The zero-order chi connectivity index (χ0) is 14.8. The maximum absolute atomic E-state index is 13.1. The molecular weight excluding hydrogens is 295 g/mol. The first-order valence-electron chi connectivity index (χ1n) is 5.79. The summed E-state index contributed by atoms with van der Waals surface area (Å²) in [5, 5.41) is 15.4. The van der Waals surface area contributed by atoms with Gasteiger partial charge in [-0.05, 0) is 18.2 Å². The number of aromatic nitrogens is 4. The topological polar surface area (TPSA) is 96.5 Å². The largest absolute Gasteiger partial charge is 0.300 e. The summed E-state index contributed by atoms with van der Waals surface area (Å²) in [5.41, 5.74) is 0.615. The average Bonchev–Trinajstić information content (AvgIpc) is 3.04. The molecule has 0 saturated carbocycles. The minimum atomic E-state index is -0.357. The molecule has 2 aromatic heterocycles. The van der Waals surface area contributed by atoms with Crippen LogP contribution in [0.1, 0.15) is 5.82 Å². The second-order valence-corrected chi connectivity index (χ2v) is 5.09. The molecule has 0 radical (unpaired) electrons. The highest BCUT2D eigenvalue weighted by Gasteiger charge is 2.10. The van der Waals surface area contributed by atoms with Gasteiger partial charge in [0.05, 0.1) is 10.2 Å². The van der Waals surface area contributed by atoms with E-state index in [9.17, 15) is 9.18 Å². The maximum atomic E-state index is 13.1. The molecule has 3 rings (SSSR count). The number of hydrogen-bond donors (Lipinski definition) is 1. The number of hydrogen-bond acceptors (Lipinski definition) is 6. The molecule has 0 spiro atoms. The van der Waals surface area contributed by atoms with Gasteiger partial charge in [0, 0.05) is 0 Å². The Hall–Kier alpha value is -2.86. The number of amides is 1. The highest BCUT2D eigenvalue weighted by molar-refractivity contribution is 7.22. The molecule has 0 aliphatic carbocycles. The van der Waals surface area contributed by atoms with Gasteiger partial charge >= 0.3 is 0 Å². The molecule has 3 aromatic rings. The zero-order valence-electron chi connectivity index (χ0n) is 10.4. The predicted molar refractivity (Wildman–Crippen MR) is 72.9 cm³/mol. The number of anilines is 1. The molecule has 0 saturated heterocycles. The smallest absolute Gasteiger partial charge is 0.252 e. The van der Waals surface area contributed by atoms with Crippen molar-refractivity contribution in [2.24, 2.45) is 0 Å². The Morgan fingerprint density at radius 3 is 3.14 bits per heavy atom. The number of fused-ring (bicyclic) bond motifs is 1. The maximum Gasteiger partial charge on any atom is 0.252 e. The molecule has 1 N–H and O–H groups in total. The third-order valence-corrected chi connectivity index (χ3v) is 3.47. The molecule has 1 amide bonds. The van der Waals surface area contributed by atoms with Gasteiger partial charge in [-0.3, -0.25) is 4.79 Å². The van der Waals surface area contributed by atoms with Crippen molar-refractivity contribution < 1.29 is 9.18 Å². The van der Waals surface area contributed by atoms with Crippen LogP contribution in [0.15, 0.2) is 24.5 Å². The number of carbonyl (C=O) groups is 1. The Labute approximate surface area is 121 Å². The SMILES string of the molecule is N#Cc1ncn(CC(=O)Nc2nc3ccc(F)cc3s2)n1. The lowest BCUT2D eigenvalue weighted by molar-refractivity contribution is -0.116. The summed E-state index contributed by atoms with van der Waals surface area (Å²) in [6, 6.07) is 5.99. The molecule has 0 unspecified atom stereocenters. The summed E-state index contributed by atoms with van der Waals surface area (Å²) in [7, 11) is 0. The van der Waals surface area contributed by atoms with Crippen molar-refractivity contribution in [3.05, 3.63) is 36.2 Å².